The molecule has 6 rings (SSSR count). The van der Waals surface area contributed by atoms with E-state index in [1.54, 1.807) is 6.20 Å². The van der Waals surface area contributed by atoms with Crippen molar-refractivity contribution in [1.82, 2.24) is 19.7 Å². The average molecular weight is 399 g/mol. The maximum Gasteiger partial charge on any atom is 0.165 e. The lowest BCUT2D eigenvalue weighted by molar-refractivity contribution is -0.113. The molecule has 0 radical (unpaired) electrons. The Labute approximate surface area is 175 Å². The van der Waals surface area contributed by atoms with Gasteiger partial charge in [0.25, 0.3) is 0 Å². The molecule has 3 aliphatic rings. The van der Waals surface area contributed by atoms with Gasteiger partial charge in [-0.3, -0.25) is 9.78 Å². The zero-order valence-electron chi connectivity index (χ0n) is 17.1. The highest BCUT2D eigenvalue weighted by Crippen LogP contribution is 2.34. The largest absolute Gasteiger partial charge is 0.371 e. The molecular formula is C24H25N5O. The number of anilines is 1. The molecule has 2 atom stereocenters. The maximum absolute atomic E-state index is 13.0. The van der Waals surface area contributed by atoms with Crippen molar-refractivity contribution in [2.45, 2.75) is 19.8 Å². The fourth-order valence-electron chi connectivity index (χ4n) is 5.18. The number of carbonyl (C=O) groups excluding carboxylic acids is 1. The summed E-state index contributed by atoms with van der Waals surface area (Å²) in [4.78, 5) is 24.4. The van der Waals surface area contributed by atoms with Crippen LogP contribution in [0.25, 0.3) is 17.3 Å². The van der Waals surface area contributed by atoms with Gasteiger partial charge >= 0.3 is 0 Å². The van der Waals surface area contributed by atoms with Crippen molar-refractivity contribution in [2.75, 3.05) is 31.1 Å². The average Bonchev–Trinajstić information content (AvgIpc) is 3.42. The molecule has 1 N–H and O–H groups in total. The summed E-state index contributed by atoms with van der Waals surface area (Å²) in [6, 6.07) is 6.69. The number of imidazole rings is 1. The first-order chi connectivity index (χ1) is 14.6. The number of fused-ring (bicyclic) bond motifs is 3. The first-order valence-corrected chi connectivity index (χ1v) is 10.8. The summed E-state index contributed by atoms with van der Waals surface area (Å²) in [5.74, 6) is 1.69. The maximum atomic E-state index is 13.0. The Morgan fingerprint density at radius 1 is 1.10 bits per heavy atom. The molecular weight excluding hydrogens is 374 g/mol. The van der Waals surface area contributed by atoms with Crippen molar-refractivity contribution in [3.05, 3.63) is 59.3 Å². The van der Waals surface area contributed by atoms with Gasteiger partial charge in [-0.1, -0.05) is 6.07 Å². The van der Waals surface area contributed by atoms with E-state index in [0.29, 0.717) is 12.0 Å². The van der Waals surface area contributed by atoms with Crippen molar-refractivity contribution < 1.29 is 4.79 Å². The molecule has 6 nitrogen and oxygen atoms in total. The van der Waals surface area contributed by atoms with Gasteiger partial charge in [0.1, 0.15) is 0 Å². The van der Waals surface area contributed by atoms with Crippen molar-refractivity contribution in [2.24, 2.45) is 11.8 Å². The molecule has 3 aromatic rings. The number of nitrogens with zero attached hydrogens (tertiary/aromatic N) is 4. The Bertz CT molecular complexity index is 1180. The molecule has 30 heavy (non-hydrogen) atoms. The molecule has 4 heterocycles. The van der Waals surface area contributed by atoms with Gasteiger partial charge in [0, 0.05) is 56.3 Å². The Morgan fingerprint density at radius 2 is 1.93 bits per heavy atom. The van der Waals surface area contributed by atoms with Gasteiger partial charge in [0.15, 0.2) is 11.4 Å². The van der Waals surface area contributed by atoms with Gasteiger partial charge in [0.05, 0.1) is 17.6 Å². The summed E-state index contributed by atoms with van der Waals surface area (Å²) < 4.78 is 1.94. The second kappa shape index (κ2) is 6.77. The summed E-state index contributed by atoms with van der Waals surface area (Å²) in [5, 5.41) is 3.51. The van der Waals surface area contributed by atoms with E-state index in [1.807, 2.05) is 29.8 Å². The Kier molecular flexibility index (Phi) is 4.03. The van der Waals surface area contributed by atoms with E-state index < -0.39 is 0 Å². The number of nitrogens with one attached hydrogen (secondary N) is 1. The Hall–Kier alpha value is -2.99. The summed E-state index contributed by atoms with van der Waals surface area (Å²) in [5.41, 5.74) is 6.79. The highest BCUT2D eigenvalue weighted by Gasteiger charge is 2.36. The monoisotopic (exact) mass is 399 g/mol. The first kappa shape index (κ1) is 17.8. The smallest absolute Gasteiger partial charge is 0.165 e. The summed E-state index contributed by atoms with van der Waals surface area (Å²) in [7, 11) is 0. The van der Waals surface area contributed by atoms with E-state index in [2.05, 4.69) is 38.4 Å². The number of aryl methyl sites for hydroxylation is 2. The minimum Gasteiger partial charge on any atom is -0.371 e. The Balaban J connectivity index is 1.34. The van der Waals surface area contributed by atoms with E-state index in [1.165, 1.54) is 11.3 Å². The number of rotatable bonds is 2. The zero-order chi connectivity index (χ0) is 20.2. The molecule has 2 aliphatic heterocycles. The van der Waals surface area contributed by atoms with Crippen molar-refractivity contribution >= 4 is 28.8 Å². The van der Waals surface area contributed by atoms with Gasteiger partial charge in [-0.05, 0) is 54.5 Å². The number of benzene rings is 1. The molecule has 0 saturated carbocycles. The number of hydrogen-bond donors (Lipinski definition) is 1. The van der Waals surface area contributed by atoms with Crippen molar-refractivity contribution in [3.63, 3.8) is 0 Å². The number of hydrogen-bond acceptors (Lipinski definition) is 5. The van der Waals surface area contributed by atoms with Crippen LogP contribution in [0.2, 0.25) is 0 Å². The minimum absolute atomic E-state index is 0.155. The zero-order valence-corrected chi connectivity index (χ0v) is 17.1. The van der Waals surface area contributed by atoms with Crippen LogP contribution in [0.3, 0.4) is 0 Å². The quantitative estimate of drug-likeness (QED) is 0.718. The number of carbonyl (C=O) groups is 1. The molecule has 1 aromatic carbocycles. The van der Waals surface area contributed by atoms with Gasteiger partial charge in [-0.15, -0.1) is 0 Å². The summed E-state index contributed by atoms with van der Waals surface area (Å²) in [6.07, 6.45) is 8.95. The van der Waals surface area contributed by atoms with E-state index >= 15 is 0 Å². The second-order valence-corrected chi connectivity index (χ2v) is 8.87. The van der Waals surface area contributed by atoms with Crippen LogP contribution >= 0.6 is 0 Å². The third kappa shape index (κ3) is 2.94. The first-order valence-electron chi connectivity index (χ1n) is 10.8. The molecule has 1 aliphatic carbocycles. The third-order valence-corrected chi connectivity index (χ3v) is 6.85. The molecule has 6 heteroatoms. The van der Waals surface area contributed by atoms with Crippen LogP contribution in [-0.2, 0) is 11.2 Å². The second-order valence-electron chi connectivity index (χ2n) is 8.87. The van der Waals surface area contributed by atoms with Crippen molar-refractivity contribution in [3.8, 4) is 0 Å². The topological polar surface area (TPSA) is 62.5 Å². The molecule has 0 bridgehead atoms. The van der Waals surface area contributed by atoms with Crippen LogP contribution in [-0.4, -0.2) is 46.3 Å². The number of allylic oxidation sites excluding steroid dienone is 1. The molecule has 2 fully saturated rings. The van der Waals surface area contributed by atoms with Gasteiger partial charge in [-0.2, -0.15) is 0 Å². The van der Waals surface area contributed by atoms with Crippen LogP contribution in [0.4, 0.5) is 5.69 Å². The fourth-order valence-corrected chi connectivity index (χ4v) is 5.18. The van der Waals surface area contributed by atoms with Gasteiger partial charge in [-0.25, -0.2) is 4.98 Å². The van der Waals surface area contributed by atoms with E-state index in [4.69, 9.17) is 0 Å². The molecule has 0 spiro atoms. The van der Waals surface area contributed by atoms with Crippen molar-refractivity contribution in [1.29, 1.82) is 0 Å². The van der Waals surface area contributed by atoms with Crippen LogP contribution in [0.15, 0.2) is 36.8 Å². The fraction of sp³-hybridized carbons (Fsp3) is 0.375. The van der Waals surface area contributed by atoms with Crippen LogP contribution in [0.1, 0.15) is 28.9 Å². The predicted molar refractivity (Wildman–Crippen MR) is 117 cm³/mol. The normalized spacial score (nSPS) is 23.4. The highest BCUT2D eigenvalue weighted by molar-refractivity contribution is 6.25. The lowest BCUT2D eigenvalue weighted by Crippen LogP contribution is -2.25. The minimum atomic E-state index is 0.155. The third-order valence-electron chi connectivity index (χ3n) is 6.85. The molecule has 2 aromatic heterocycles. The standard InChI is InChI=1S/C24H25N5O/c1-15-11-29-14-22(27-24(29)10-26-15)21-7-17-2-4-20(6-16(17)3-5-23(21)30)28-12-18-8-25-9-19(18)13-28/h2,4,6-7,10-11,14,18-19,25H,3,5,8-9,12-13H2,1H3/t18-,19+. The van der Waals surface area contributed by atoms with E-state index in [-0.39, 0.29) is 5.78 Å². The molecule has 2 saturated heterocycles. The predicted octanol–water partition coefficient (Wildman–Crippen LogP) is 2.75. The molecule has 0 amide bonds. The van der Waals surface area contributed by atoms with Crippen LogP contribution in [0, 0.1) is 18.8 Å². The highest BCUT2D eigenvalue weighted by atomic mass is 16.1. The summed E-state index contributed by atoms with van der Waals surface area (Å²) in [6.45, 7) is 6.49. The number of ketones is 1. The lowest BCUT2D eigenvalue weighted by Gasteiger charge is -2.21. The summed E-state index contributed by atoms with van der Waals surface area (Å²) >= 11 is 0. The number of Topliss-reactive ketones (excluding diaryl/α,β-unsaturated/α-hetero) is 1. The SMILES string of the molecule is Cc1cn2cc(C3=Cc4ccc(N5C[C@H]6CNC[C@H]6C5)cc4CCC3=O)nc2cn1. The molecule has 152 valence electrons. The van der Waals surface area contributed by atoms with Crippen LogP contribution < -0.4 is 10.2 Å². The number of aromatic nitrogens is 3. The van der Waals surface area contributed by atoms with Gasteiger partial charge in [0.2, 0.25) is 0 Å². The van der Waals surface area contributed by atoms with Crippen LogP contribution in [0.5, 0.6) is 0 Å². The Morgan fingerprint density at radius 3 is 2.77 bits per heavy atom. The molecule has 0 unspecified atom stereocenters. The lowest BCUT2D eigenvalue weighted by atomic mass is 10.0. The van der Waals surface area contributed by atoms with E-state index in [0.717, 1.165) is 67.0 Å². The van der Waals surface area contributed by atoms with Gasteiger partial charge < -0.3 is 14.6 Å². The van der Waals surface area contributed by atoms with E-state index in [9.17, 15) is 4.79 Å².